The van der Waals surface area contributed by atoms with E-state index in [9.17, 15) is 19.7 Å². The molecule has 0 unspecified atom stereocenters. The monoisotopic (exact) mass is 487 g/mol. The minimum Gasteiger partial charge on any atom is -0.444 e. The number of aliphatic imine (C=N–C) groups is 1. The number of ether oxygens (including phenoxy) is 1. The molecule has 2 N–H and O–H groups in total. The van der Waals surface area contributed by atoms with Gasteiger partial charge in [0.15, 0.2) is 0 Å². The Labute approximate surface area is 202 Å². The van der Waals surface area contributed by atoms with E-state index in [2.05, 4.69) is 15.6 Å². The highest BCUT2D eigenvalue weighted by Crippen LogP contribution is 2.36. The predicted molar refractivity (Wildman–Crippen MR) is 129 cm³/mol. The molecule has 0 fully saturated rings. The minimum absolute atomic E-state index is 0.0593. The predicted octanol–water partition coefficient (Wildman–Crippen LogP) is 4.95. The van der Waals surface area contributed by atoms with Gasteiger partial charge in [0, 0.05) is 23.8 Å². The largest absolute Gasteiger partial charge is 0.444 e. The Morgan fingerprint density at radius 1 is 1.26 bits per heavy atom. The number of nitro groups is 1. The highest BCUT2D eigenvalue weighted by molar-refractivity contribution is 6.31. The van der Waals surface area contributed by atoms with Crippen LogP contribution in [-0.2, 0) is 15.1 Å². The molecule has 10 nitrogen and oxygen atoms in total. The topological polar surface area (TPSA) is 126 Å². The average Bonchev–Trinajstić information content (AvgIpc) is 2.70. The lowest BCUT2D eigenvalue weighted by atomic mass is 9.87. The minimum atomic E-state index is -0.994. The molecule has 0 aromatic heterocycles. The molecule has 2 aromatic carbocycles. The van der Waals surface area contributed by atoms with Crippen molar-refractivity contribution in [1.29, 1.82) is 0 Å². The number of benzene rings is 2. The summed E-state index contributed by atoms with van der Waals surface area (Å²) in [6.45, 7) is 6.97. The summed E-state index contributed by atoms with van der Waals surface area (Å²) in [7, 11) is 1.52. The molecule has 0 saturated heterocycles. The molecule has 2 amide bonds. The number of rotatable bonds is 4. The molecule has 180 valence electrons. The fourth-order valence-electron chi connectivity index (χ4n) is 3.41. The van der Waals surface area contributed by atoms with Crippen molar-refractivity contribution in [3.05, 3.63) is 63.2 Å². The maximum Gasteiger partial charge on any atom is 0.414 e. The van der Waals surface area contributed by atoms with Crippen molar-refractivity contribution >= 4 is 46.6 Å². The quantitative estimate of drug-likeness (QED) is 0.464. The molecule has 3 rings (SSSR count). The van der Waals surface area contributed by atoms with E-state index in [1.165, 1.54) is 30.1 Å². The lowest BCUT2D eigenvalue weighted by Crippen LogP contribution is -2.52. The van der Waals surface area contributed by atoms with E-state index < -0.39 is 22.2 Å². The Bertz CT molecular complexity index is 1180. The number of amides is 2. The van der Waals surface area contributed by atoms with Crippen LogP contribution in [-0.4, -0.2) is 40.4 Å². The Morgan fingerprint density at radius 3 is 2.62 bits per heavy atom. The summed E-state index contributed by atoms with van der Waals surface area (Å²) in [4.78, 5) is 41.8. The normalized spacial score (nSPS) is 18.2. The first-order chi connectivity index (χ1) is 15.8. The zero-order valence-corrected chi connectivity index (χ0v) is 20.3. The van der Waals surface area contributed by atoms with E-state index in [4.69, 9.17) is 16.3 Å². The number of hydrogen-bond donors (Lipinski definition) is 2. The lowest BCUT2D eigenvalue weighted by molar-refractivity contribution is -0.383. The average molecular weight is 488 g/mol. The Kier molecular flexibility index (Phi) is 6.83. The summed E-state index contributed by atoms with van der Waals surface area (Å²) >= 11 is 6.02. The maximum atomic E-state index is 12.7. The summed E-state index contributed by atoms with van der Waals surface area (Å²) in [5.41, 5.74) is -0.383. The van der Waals surface area contributed by atoms with Gasteiger partial charge in [-0.15, -0.1) is 0 Å². The molecule has 34 heavy (non-hydrogen) atoms. The summed E-state index contributed by atoms with van der Waals surface area (Å²) in [5.74, 6) is -0.177. The maximum absolute atomic E-state index is 12.7. The van der Waals surface area contributed by atoms with Gasteiger partial charge in [-0.3, -0.25) is 25.1 Å². The van der Waals surface area contributed by atoms with Crippen molar-refractivity contribution < 1.29 is 19.2 Å². The van der Waals surface area contributed by atoms with Gasteiger partial charge in [0.05, 0.1) is 16.9 Å². The van der Waals surface area contributed by atoms with Gasteiger partial charge < -0.3 is 10.1 Å². The lowest BCUT2D eigenvalue weighted by Gasteiger charge is -2.35. The number of anilines is 2. The highest BCUT2D eigenvalue weighted by atomic mass is 35.5. The third kappa shape index (κ3) is 5.82. The summed E-state index contributed by atoms with van der Waals surface area (Å²) < 4.78 is 5.28. The zero-order valence-electron chi connectivity index (χ0n) is 19.5. The SMILES string of the molecule is CN1C(=O)C[C@@](C)(c2cccc(Nc3cc(Cl)ccc3[N+](=O)[O-])c2)N=C1NC(=O)OC(C)(C)C. The first-order valence-electron chi connectivity index (χ1n) is 10.5. The Morgan fingerprint density at radius 2 is 1.97 bits per heavy atom. The number of nitro benzene ring substituents is 1. The molecular weight excluding hydrogens is 462 g/mol. The van der Waals surface area contributed by atoms with Crippen molar-refractivity contribution in [3.63, 3.8) is 0 Å². The van der Waals surface area contributed by atoms with Crippen molar-refractivity contribution in [1.82, 2.24) is 10.2 Å². The van der Waals surface area contributed by atoms with E-state index in [0.29, 0.717) is 16.3 Å². The van der Waals surface area contributed by atoms with Gasteiger partial charge in [-0.1, -0.05) is 23.7 Å². The number of halogens is 1. The molecule has 0 radical (unpaired) electrons. The van der Waals surface area contributed by atoms with Crippen LogP contribution in [0, 0.1) is 10.1 Å². The number of carbonyl (C=O) groups is 2. The van der Waals surface area contributed by atoms with Crippen LogP contribution in [0.15, 0.2) is 47.5 Å². The summed E-state index contributed by atoms with van der Waals surface area (Å²) in [6, 6.07) is 11.3. The van der Waals surface area contributed by atoms with Crippen LogP contribution in [0.5, 0.6) is 0 Å². The Hall–Kier alpha value is -3.66. The first kappa shape index (κ1) is 25.0. The number of carbonyl (C=O) groups excluding carboxylic acids is 2. The number of guanidine groups is 1. The highest BCUT2D eigenvalue weighted by Gasteiger charge is 2.38. The smallest absolute Gasteiger partial charge is 0.414 e. The molecule has 1 aliphatic heterocycles. The van der Waals surface area contributed by atoms with Crippen molar-refractivity contribution in [3.8, 4) is 0 Å². The van der Waals surface area contributed by atoms with E-state index in [-0.39, 0.29) is 29.7 Å². The molecule has 0 bridgehead atoms. The molecule has 0 spiro atoms. The fraction of sp³-hybridized carbons (Fsp3) is 0.348. The van der Waals surface area contributed by atoms with Gasteiger partial charge in [0.25, 0.3) is 5.69 Å². The van der Waals surface area contributed by atoms with Crippen LogP contribution in [0.25, 0.3) is 0 Å². The fourth-order valence-corrected chi connectivity index (χ4v) is 3.58. The number of nitrogens with zero attached hydrogens (tertiary/aromatic N) is 3. The van der Waals surface area contributed by atoms with E-state index in [1.807, 2.05) is 0 Å². The molecular formula is C23H26ClN5O5. The van der Waals surface area contributed by atoms with Gasteiger partial charge in [0.1, 0.15) is 11.3 Å². The summed E-state index contributed by atoms with van der Waals surface area (Å²) in [6.07, 6.45) is -0.664. The molecule has 1 atom stereocenters. The van der Waals surface area contributed by atoms with Crippen LogP contribution >= 0.6 is 11.6 Å². The summed E-state index contributed by atoms with van der Waals surface area (Å²) in [5, 5.41) is 17.3. The Balaban J connectivity index is 1.93. The van der Waals surface area contributed by atoms with E-state index in [0.717, 1.165) is 0 Å². The van der Waals surface area contributed by atoms with Crippen LogP contribution < -0.4 is 10.6 Å². The molecule has 2 aromatic rings. The van der Waals surface area contributed by atoms with Crippen LogP contribution in [0.3, 0.4) is 0 Å². The van der Waals surface area contributed by atoms with E-state index >= 15 is 0 Å². The van der Waals surface area contributed by atoms with Gasteiger partial charge in [0.2, 0.25) is 11.9 Å². The second-order valence-corrected chi connectivity index (χ2v) is 9.53. The van der Waals surface area contributed by atoms with Crippen LogP contribution in [0.4, 0.5) is 21.9 Å². The molecule has 1 heterocycles. The first-order valence-corrected chi connectivity index (χ1v) is 10.8. The standard InChI is InChI=1S/C23H26ClN5O5/c1-22(2,3)34-21(31)26-20-27-23(4,13-19(30)28(20)5)14-7-6-8-16(11-14)25-17-12-15(24)9-10-18(17)29(32)33/h6-12,25H,13H2,1-5H3,(H,26,27,31)/t23-/m0/s1. The van der Waals surface area contributed by atoms with Crippen molar-refractivity contribution in [2.75, 3.05) is 12.4 Å². The second-order valence-electron chi connectivity index (χ2n) is 9.09. The van der Waals surface area contributed by atoms with Gasteiger partial charge in [-0.25, -0.2) is 9.79 Å². The number of alkyl carbamates (subject to hydrolysis) is 1. The van der Waals surface area contributed by atoms with E-state index in [1.54, 1.807) is 52.0 Å². The molecule has 1 aliphatic rings. The molecule has 0 saturated carbocycles. The molecule has 11 heteroatoms. The van der Waals surface area contributed by atoms with Crippen molar-refractivity contribution in [2.45, 2.75) is 45.3 Å². The zero-order chi connectivity index (χ0) is 25.3. The molecule has 0 aliphatic carbocycles. The van der Waals surface area contributed by atoms with Gasteiger partial charge in [-0.05, 0) is 57.5 Å². The second kappa shape index (κ2) is 9.30. The van der Waals surface area contributed by atoms with Gasteiger partial charge in [-0.2, -0.15) is 0 Å². The third-order valence-electron chi connectivity index (χ3n) is 5.07. The van der Waals surface area contributed by atoms with Crippen LogP contribution in [0.1, 0.15) is 39.7 Å². The van der Waals surface area contributed by atoms with Gasteiger partial charge >= 0.3 is 6.09 Å². The number of nitrogens with one attached hydrogen (secondary N) is 2. The third-order valence-corrected chi connectivity index (χ3v) is 5.31. The number of hydrogen-bond acceptors (Lipinski definition) is 7. The van der Waals surface area contributed by atoms with Crippen LogP contribution in [0.2, 0.25) is 5.02 Å². The van der Waals surface area contributed by atoms with Crippen molar-refractivity contribution in [2.24, 2.45) is 4.99 Å².